The van der Waals surface area contributed by atoms with Gasteiger partial charge in [0.05, 0.1) is 11.9 Å². The summed E-state index contributed by atoms with van der Waals surface area (Å²) in [5.74, 6) is 0. The van der Waals surface area contributed by atoms with Crippen LogP contribution in [0, 0.1) is 0 Å². The fraction of sp³-hybridized carbons (Fsp3) is 0.250. The molecule has 0 aromatic heterocycles. The van der Waals surface area contributed by atoms with Crippen LogP contribution in [0.5, 0.6) is 0 Å². The molecule has 0 spiro atoms. The summed E-state index contributed by atoms with van der Waals surface area (Å²) in [5, 5.41) is 7.54. The van der Waals surface area contributed by atoms with Crippen LogP contribution in [0.15, 0.2) is 82.3 Å². The molecule has 2 heteroatoms. The number of hydrogen-bond acceptors (Lipinski definition) is 2. The van der Waals surface area contributed by atoms with Gasteiger partial charge in [-0.3, -0.25) is 0 Å². The first-order valence-electron chi connectivity index (χ1n) is 9.62. The van der Waals surface area contributed by atoms with Gasteiger partial charge in [0.15, 0.2) is 0 Å². The Bertz CT molecular complexity index is 963. The van der Waals surface area contributed by atoms with E-state index in [9.17, 15) is 0 Å². The van der Waals surface area contributed by atoms with Gasteiger partial charge in [0.1, 0.15) is 0 Å². The van der Waals surface area contributed by atoms with Crippen molar-refractivity contribution in [2.24, 2.45) is 10.2 Å². The van der Waals surface area contributed by atoms with Gasteiger partial charge in [-0.25, -0.2) is 0 Å². The Hall–Kier alpha value is -2.74. The molecule has 128 valence electrons. The minimum absolute atomic E-state index is 0.991. The lowest BCUT2D eigenvalue weighted by Gasteiger charge is -2.26. The van der Waals surface area contributed by atoms with Crippen molar-refractivity contribution in [1.29, 1.82) is 0 Å². The molecule has 4 aliphatic rings. The first-order valence-corrected chi connectivity index (χ1v) is 9.62. The highest BCUT2D eigenvalue weighted by Gasteiger charge is 2.21. The summed E-state index contributed by atoms with van der Waals surface area (Å²) in [7, 11) is 0. The minimum Gasteiger partial charge on any atom is -0.158 e. The summed E-state index contributed by atoms with van der Waals surface area (Å²) >= 11 is 0. The van der Waals surface area contributed by atoms with Crippen LogP contribution >= 0.6 is 0 Å². The molecule has 0 saturated carbocycles. The molecule has 2 aromatic carbocycles. The molecule has 0 saturated heterocycles. The van der Waals surface area contributed by atoms with Gasteiger partial charge >= 0.3 is 0 Å². The second-order valence-electron chi connectivity index (χ2n) is 7.30. The number of benzene rings is 2. The molecule has 0 N–H and O–H groups in total. The molecular weight excluding hydrogens is 316 g/mol. The van der Waals surface area contributed by atoms with E-state index in [0.717, 1.165) is 11.3 Å². The quantitative estimate of drug-likeness (QED) is 0.553. The molecule has 3 aliphatic carbocycles. The number of allylic oxidation sites excluding steroid dienone is 3. The average Bonchev–Trinajstić information content (AvgIpc) is 3.33. The highest BCUT2D eigenvalue weighted by Crippen LogP contribution is 2.38. The summed E-state index contributed by atoms with van der Waals surface area (Å²) < 4.78 is 0. The van der Waals surface area contributed by atoms with Crippen LogP contribution in [0.4, 0.5) is 0 Å². The molecule has 0 bridgehead atoms. The normalized spacial score (nSPS) is 18.0. The third-order valence-corrected chi connectivity index (χ3v) is 5.79. The first kappa shape index (κ1) is 15.5. The Balaban J connectivity index is 0.000000156. The lowest BCUT2D eigenvalue weighted by atomic mass is 9.78. The van der Waals surface area contributed by atoms with E-state index in [1.54, 1.807) is 22.9 Å². The van der Waals surface area contributed by atoms with Crippen LogP contribution in [0.2, 0.25) is 0 Å². The Labute approximate surface area is 154 Å². The Morgan fingerprint density at radius 3 is 2.62 bits per heavy atom. The van der Waals surface area contributed by atoms with Crippen molar-refractivity contribution in [1.82, 2.24) is 0 Å². The second-order valence-corrected chi connectivity index (χ2v) is 7.30. The van der Waals surface area contributed by atoms with Gasteiger partial charge in [0, 0.05) is 5.57 Å². The Morgan fingerprint density at radius 2 is 1.65 bits per heavy atom. The van der Waals surface area contributed by atoms with Gasteiger partial charge < -0.3 is 0 Å². The molecule has 0 amide bonds. The zero-order valence-corrected chi connectivity index (χ0v) is 14.9. The summed E-state index contributed by atoms with van der Waals surface area (Å²) in [6.45, 7) is 0. The van der Waals surface area contributed by atoms with Crippen LogP contribution in [0.25, 0.3) is 11.1 Å². The number of fused-ring (bicyclic) bond motifs is 6. The molecule has 2 aromatic rings. The Kier molecular flexibility index (Phi) is 3.89. The van der Waals surface area contributed by atoms with Crippen molar-refractivity contribution in [2.45, 2.75) is 38.5 Å². The average molecular weight is 338 g/mol. The van der Waals surface area contributed by atoms with E-state index in [1.807, 2.05) is 18.2 Å². The summed E-state index contributed by atoms with van der Waals surface area (Å²) in [6.07, 6.45) is 15.5. The SMILES string of the molecule is C1=CC2=CN=NC2=C1.c1ccc2c(c1)CCc1c-2ccc2c1CCCC2. The number of azo groups is 1. The number of rotatable bonds is 0. The third kappa shape index (κ3) is 2.66. The molecule has 1 aliphatic heterocycles. The molecular formula is C24H22N2. The largest absolute Gasteiger partial charge is 0.158 e. The van der Waals surface area contributed by atoms with Gasteiger partial charge in [0.2, 0.25) is 0 Å². The molecule has 0 radical (unpaired) electrons. The van der Waals surface area contributed by atoms with Crippen molar-refractivity contribution in [3.05, 3.63) is 94.4 Å². The third-order valence-electron chi connectivity index (χ3n) is 5.79. The van der Waals surface area contributed by atoms with E-state index in [0.29, 0.717) is 0 Å². The molecule has 26 heavy (non-hydrogen) atoms. The lowest BCUT2D eigenvalue weighted by molar-refractivity contribution is 0.676. The van der Waals surface area contributed by atoms with Crippen LogP contribution < -0.4 is 0 Å². The van der Waals surface area contributed by atoms with Gasteiger partial charge in [-0.05, 0) is 78.0 Å². The topological polar surface area (TPSA) is 24.7 Å². The van der Waals surface area contributed by atoms with Crippen molar-refractivity contribution < 1.29 is 0 Å². The number of nitrogens with zero attached hydrogens (tertiary/aromatic N) is 2. The van der Waals surface area contributed by atoms with E-state index < -0.39 is 0 Å². The van der Waals surface area contributed by atoms with Crippen LogP contribution in [-0.2, 0) is 25.7 Å². The van der Waals surface area contributed by atoms with Crippen LogP contribution in [-0.4, -0.2) is 0 Å². The van der Waals surface area contributed by atoms with Crippen molar-refractivity contribution >= 4 is 0 Å². The zero-order chi connectivity index (χ0) is 17.3. The van der Waals surface area contributed by atoms with Gasteiger partial charge in [-0.1, -0.05) is 48.6 Å². The first-order chi connectivity index (χ1) is 12.9. The van der Waals surface area contributed by atoms with Crippen molar-refractivity contribution in [3.8, 4) is 11.1 Å². The van der Waals surface area contributed by atoms with E-state index in [2.05, 4.69) is 46.6 Å². The van der Waals surface area contributed by atoms with E-state index >= 15 is 0 Å². The van der Waals surface area contributed by atoms with Crippen molar-refractivity contribution in [2.75, 3.05) is 0 Å². The predicted molar refractivity (Wildman–Crippen MR) is 106 cm³/mol. The second kappa shape index (κ2) is 6.53. The molecule has 1 heterocycles. The monoisotopic (exact) mass is 338 g/mol. The standard InChI is InChI=1S/C18H18.C6H4N2/c1-3-7-15-13(5-1)9-11-18-16-8-4-2-6-14(16)10-12-17(15)18;1-2-5-4-7-8-6(5)3-1/h1,3,5,7,10,12H,2,4,6,8-9,11H2;1-4H. The highest BCUT2D eigenvalue weighted by molar-refractivity contribution is 5.75. The summed E-state index contributed by atoms with van der Waals surface area (Å²) in [6, 6.07) is 13.7. The van der Waals surface area contributed by atoms with Gasteiger partial charge in [-0.2, -0.15) is 10.2 Å². The smallest absolute Gasteiger partial charge is 0.0945 e. The van der Waals surface area contributed by atoms with Crippen LogP contribution in [0.3, 0.4) is 0 Å². The van der Waals surface area contributed by atoms with E-state index in [1.165, 1.54) is 55.2 Å². The molecule has 0 fully saturated rings. The fourth-order valence-corrected chi connectivity index (χ4v) is 4.48. The lowest BCUT2D eigenvalue weighted by Crippen LogP contribution is -2.12. The minimum atomic E-state index is 0.991. The predicted octanol–water partition coefficient (Wildman–Crippen LogP) is 6.12. The zero-order valence-electron chi connectivity index (χ0n) is 14.9. The van der Waals surface area contributed by atoms with Crippen LogP contribution in [0.1, 0.15) is 35.1 Å². The summed E-state index contributed by atoms with van der Waals surface area (Å²) in [5.41, 5.74) is 11.6. The maximum absolute atomic E-state index is 3.83. The van der Waals surface area contributed by atoms with E-state index in [-0.39, 0.29) is 0 Å². The van der Waals surface area contributed by atoms with Gasteiger partial charge in [0.25, 0.3) is 0 Å². The number of hydrogen-bond donors (Lipinski definition) is 0. The molecule has 0 atom stereocenters. The molecule has 0 unspecified atom stereocenters. The molecule has 6 rings (SSSR count). The van der Waals surface area contributed by atoms with Crippen molar-refractivity contribution in [3.63, 3.8) is 0 Å². The van der Waals surface area contributed by atoms with E-state index in [4.69, 9.17) is 0 Å². The summed E-state index contributed by atoms with van der Waals surface area (Å²) in [4.78, 5) is 0. The number of aryl methyl sites for hydroxylation is 2. The maximum Gasteiger partial charge on any atom is 0.0945 e. The maximum atomic E-state index is 3.83. The van der Waals surface area contributed by atoms with Gasteiger partial charge in [-0.15, -0.1) is 0 Å². The Morgan fingerprint density at radius 1 is 0.731 bits per heavy atom. The molecule has 2 nitrogen and oxygen atoms in total. The highest BCUT2D eigenvalue weighted by atomic mass is 15.1. The fourth-order valence-electron chi connectivity index (χ4n) is 4.48.